The lowest BCUT2D eigenvalue weighted by Gasteiger charge is -1.95. The summed E-state index contributed by atoms with van der Waals surface area (Å²) in [5, 5.41) is 0. The zero-order chi connectivity index (χ0) is 8.55. The molecule has 0 saturated heterocycles. The van der Waals surface area contributed by atoms with Crippen LogP contribution >= 0.6 is 11.8 Å². The Bertz CT molecular complexity index is 385. The fourth-order valence-electron chi connectivity index (χ4n) is 1.14. The van der Waals surface area contributed by atoms with Crippen molar-refractivity contribution in [3.8, 4) is 0 Å². The van der Waals surface area contributed by atoms with E-state index in [0.717, 1.165) is 11.4 Å². The minimum Gasteiger partial charge on any atom is -0.304 e. The van der Waals surface area contributed by atoms with Crippen LogP contribution in [0.2, 0.25) is 0 Å². The molecule has 1 aromatic heterocycles. The Morgan fingerprint density at radius 2 is 2.33 bits per heavy atom. The molecule has 0 aromatic carbocycles. The summed E-state index contributed by atoms with van der Waals surface area (Å²) < 4.78 is 0. The first-order valence-corrected chi connectivity index (χ1v) is 4.61. The molecule has 1 aromatic rings. The van der Waals surface area contributed by atoms with E-state index in [9.17, 15) is 9.59 Å². The molecule has 0 bridgehead atoms. The summed E-state index contributed by atoms with van der Waals surface area (Å²) in [6, 6.07) is 0. The van der Waals surface area contributed by atoms with E-state index in [2.05, 4.69) is 9.97 Å². The first-order chi connectivity index (χ1) is 5.81. The third kappa shape index (κ3) is 1.06. The number of rotatable bonds is 1. The molecule has 0 amide bonds. The normalized spacial score (nSPS) is 14.3. The van der Waals surface area contributed by atoms with Gasteiger partial charge in [-0.15, -0.1) is 0 Å². The molecule has 0 aliphatic carbocycles. The highest BCUT2D eigenvalue weighted by Gasteiger charge is 2.16. The van der Waals surface area contributed by atoms with E-state index in [1.165, 1.54) is 0 Å². The van der Waals surface area contributed by atoms with Crippen molar-refractivity contribution in [1.82, 2.24) is 9.97 Å². The van der Waals surface area contributed by atoms with Crippen LogP contribution in [0.15, 0.2) is 4.79 Å². The molecule has 12 heavy (non-hydrogen) atoms. The first-order valence-electron chi connectivity index (χ1n) is 3.46. The van der Waals surface area contributed by atoms with Crippen LogP contribution in [-0.4, -0.2) is 16.3 Å². The Balaban J connectivity index is 2.66. The van der Waals surface area contributed by atoms with Gasteiger partial charge >= 0.3 is 0 Å². The Kier molecular flexibility index (Phi) is 1.73. The van der Waals surface area contributed by atoms with Gasteiger partial charge in [0.2, 0.25) is 0 Å². The lowest BCUT2D eigenvalue weighted by Crippen LogP contribution is -2.16. The highest BCUT2D eigenvalue weighted by molar-refractivity contribution is 7.98. The number of nitrogens with one attached hydrogen (secondary N) is 1. The quantitative estimate of drug-likeness (QED) is 0.636. The Hall–Kier alpha value is -1.10. The molecule has 1 aliphatic rings. The number of aromatic amines is 1. The summed E-state index contributed by atoms with van der Waals surface area (Å²) in [5.41, 5.74) is 1.29. The largest absolute Gasteiger partial charge is 0.304 e. The topological polar surface area (TPSA) is 62.8 Å². The minimum absolute atomic E-state index is 0.126. The van der Waals surface area contributed by atoms with Gasteiger partial charge < -0.3 is 4.98 Å². The number of nitrogens with zero attached hydrogens (tertiary/aromatic N) is 1. The van der Waals surface area contributed by atoms with Crippen LogP contribution in [0.5, 0.6) is 0 Å². The van der Waals surface area contributed by atoms with Crippen LogP contribution in [0, 0.1) is 0 Å². The summed E-state index contributed by atoms with van der Waals surface area (Å²) in [6.45, 7) is 0. The average Bonchev–Trinajstić information content (AvgIpc) is 2.52. The highest BCUT2D eigenvalue weighted by Crippen LogP contribution is 2.24. The van der Waals surface area contributed by atoms with Crippen LogP contribution < -0.4 is 5.56 Å². The number of H-pyrrole nitrogens is 1. The second-order valence-corrected chi connectivity index (χ2v) is 3.47. The standard InChI is InChI=1S/C7H6N2O2S/c10-1-6-8-5-3-12-2-4(5)7(11)9-6/h1H,2-3H2,(H,8,9,11). The van der Waals surface area contributed by atoms with E-state index in [-0.39, 0.29) is 11.4 Å². The predicted octanol–water partition coefficient (Wildman–Crippen LogP) is 0.329. The van der Waals surface area contributed by atoms with Crippen molar-refractivity contribution in [3.05, 3.63) is 27.4 Å². The molecule has 0 unspecified atom stereocenters. The molecule has 2 rings (SSSR count). The van der Waals surface area contributed by atoms with Crippen molar-refractivity contribution < 1.29 is 4.79 Å². The highest BCUT2D eigenvalue weighted by atomic mass is 32.2. The molecule has 62 valence electrons. The molecule has 2 heterocycles. The lowest BCUT2D eigenvalue weighted by atomic mass is 10.3. The Morgan fingerprint density at radius 1 is 1.50 bits per heavy atom. The van der Waals surface area contributed by atoms with Gasteiger partial charge in [-0.05, 0) is 0 Å². The van der Waals surface area contributed by atoms with E-state index >= 15 is 0 Å². The van der Waals surface area contributed by atoms with Gasteiger partial charge in [0.15, 0.2) is 12.1 Å². The third-order valence-corrected chi connectivity index (χ3v) is 2.69. The van der Waals surface area contributed by atoms with Gasteiger partial charge in [-0.25, -0.2) is 4.98 Å². The van der Waals surface area contributed by atoms with Gasteiger partial charge in [0.25, 0.3) is 5.56 Å². The zero-order valence-electron chi connectivity index (χ0n) is 6.16. The Labute approximate surface area is 72.4 Å². The fraction of sp³-hybridized carbons (Fsp3) is 0.286. The van der Waals surface area contributed by atoms with Gasteiger partial charge in [0.1, 0.15) is 0 Å². The van der Waals surface area contributed by atoms with E-state index < -0.39 is 0 Å². The van der Waals surface area contributed by atoms with Crippen molar-refractivity contribution in [3.63, 3.8) is 0 Å². The predicted molar refractivity (Wildman–Crippen MR) is 45.2 cm³/mol. The number of carbonyl (C=O) groups is 1. The first kappa shape index (κ1) is 7.54. The van der Waals surface area contributed by atoms with E-state index in [1.54, 1.807) is 11.8 Å². The van der Waals surface area contributed by atoms with Gasteiger partial charge in [0, 0.05) is 17.1 Å². The Morgan fingerprint density at radius 3 is 3.08 bits per heavy atom. The second kappa shape index (κ2) is 2.75. The van der Waals surface area contributed by atoms with Gasteiger partial charge in [-0.3, -0.25) is 9.59 Å². The van der Waals surface area contributed by atoms with Crippen molar-refractivity contribution in [2.45, 2.75) is 11.5 Å². The number of fused-ring (bicyclic) bond motifs is 1. The molecule has 0 radical (unpaired) electrons. The number of aromatic nitrogens is 2. The van der Waals surface area contributed by atoms with Crippen molar-refractivity contribution in [2.75, 3.05) is 0 Å². The molecule has 5 heteroatoms. The lowest BCUT2D eigenvalue weighted by molar-refractivity contribution is 0.111. The maximum absolute atomic E-state index is 11.2. The van der Waals surface area contributed by atoms with Crippen molar-refractivity contribution in [1.29, 1.82) is 0 Å². The van der Waals surface area contributed by atoms with Crippen LogP contribution in [-0.2, 0) is 11.5 Å². The summed E-state index contributed by atoms with van der Waals surface area (Å²) in [6.07, 6.45) is 0.560. The number of carbonyl (C=O) groups excluding carboxylic acids is 1. The van der Waals surface area contributed by atoms with E-state index in [1.807, 2.05) is 0 Å². The van der Waals surface area contributed by atoms with Crippen molar-refractivity contribution >= 4 is 18.0 Å². The van der Waals surface area contributed by atoms with Crippen LogP contribution in [0.25, 0.3) is 0 Å². The zero-order valence-corrected chi connectivity index (χ0v) is 6.98. The molecule has 0 spiro atoms. The molecule has 0 atom stereocenters. The van der Waals surface area contributed by atoms with Crippen LogP contribution in [0.4, 0.5) is 0 Å². The average molecular weight is 182 g/mol. The maximum atomic E-state index is 11.2. The van der Waals surface area contributed by atoms with Gasteiger partial charge in [-0.1, -0.05) is 0 Å². The summed E-state index contributed by atoms with van der Waals surface area (Å²) in [7, 11) is 0. The number of aldehydes is 1. The monoisotopic (exact) mass is 182 g/mol. The molecule has 0 saturated carbocycles. The minimum atomic E-state index is -0.174. The van der Waals surface area contributed by atoms with Gasteiger partial charge in [0.05, 0.1) is 5.69 Å². The molecule has 0 fully saturated rings. The van der Waals surface area contributed by atoms with E-state index in [4.69, 9.17) is 0 Å². The third-order valence-electron chi connectivity index (χ3n) is 1.72. The SMILES string of the molecule is O=Cc1nc2c(c(=O)[nH]1)CSC2. The van der Waals surface area contributed by atoms with E-state index in [0.29, 0.717) is 17.6 Å². The number of thioether (sulfide) groups is 1. The molecule has 1 N–H and O–H groups in total. The molecular formula is C7H6N2O2S. The summed E-state index contributed by atoms with van der Waals surface area (Å²) in [5.74, 6) is 1.57. The second-order valence-electron chi connectivity index (χ2n) is 2.49. The van der Waals surface area contributed by atoms with Gasteiger partial charge in [-0.2, -0.15) is 11.8 Å². The number of hydrogen-bond acceptors (Lipinski definition) is 4. The molecule has 4 nitrogen and oxygen atoms in total. The molecule has 1 aliphatic heterocycles. The van der Waals surface area contributed by atoms with Crippen LogP contribution in [0.1, 0.15) is 21.9 Å². The molecular weight excluding hydrogens is 176 g/mol. The smallest absolute Gasteiger partial charge is 0.255 e. The van der Waals surface area contributed by atoms with Crippen LogP contribution in [0.3, 0.4) is 0 Å². The number of hydrogen-bond donors (Lipinski definition) is 1. The van der Waals surface area contributed by atoms with Crippen molar-refractivity contribution in [2.24, 2.45) is 0 Å². The summed E-state index contributed by atoms with van der Waals surface area (Å²) in [4.78, 5) is 27.9. The maximum Gasteiger partial charge on any atom is 0.255 e. The summed E-state index contributed by atoms with van der Waals surface area (Å²) >= 11 is 1.64. The fourth-order valence-corrected chi connectivity index (χ4v) is 2.17.